The molecule has 4 aromatic rings. The molecule has 1 aromatic heterocycles. The highest BCUT2D eigenvalue weighted by Crippen LogP contribution is 2.39. The molecule has 3 saturated heterocycles. The van der Waals surface area contributed by atoms with Crippen molar-refractivity contribution in [2.45, 2.75) is 50.7 Å². The van der Waals surface area contributed by atoms with Crippen LogP contribution >= 0.6 is 18.7 Å². The third-order valence-corrected chi connectivity index (χ3v) is 15.1. The van der Waals surface area contributed by atoms with Crippen molar-refractivity contribution in [3.8, 4) is 5.75 Å². The first-order chi connectivity index (χ1) is 34.4. The van der Waals surface area contributed by atoms with Crippen LogP contribution in [0.5, 0.6) is 5.75 Å². The summed E-state index contributed by atoms with van der Waals surface area (Å²) in [5.74, 6) is 0.543. The molecule has 4 N–H and O–H groups in total. The smallest absolute Gasteiger partial charge is 0.255 e. The molecule has 380 valence electrons. The molecule has 19 nitrogen and oxygen atoms in total. The quantitative estimate of drug-likeness (QED) is 0.0448. The van der Waals surface area contributed by atoms with Gasteiger partial charge in [-0.15, -0.1) is 0 Å². The molecule has 5 heterocycles. The summed E-state index contributed by atoms with van der Waals surface area (Å²) in [4.78, 5) is 67.5. The maximum atomic E-state index is 13.1. The van der Waals surface area contributed by atoms with Crippen LogP contribution in [0.2, 0.25) is 5.02 Å². The van der Waals surface area contributed by atoms with E-state index in [2.05, 4.69) is 47.1 Å². The maximum Gasteiger partial charge on any atom is 0.255 e. The number of hydrogen-bond acceptors (Lipinski definition) is 16. The molecule has 4 aliphatic rings. The van der Waals surface area contributed by atoms with Crippen molar-refractivity contribution in [1.29, 1.82) is 0 Å². The Morgan fingerprint density at radius 2 is 1.55 bits per heavy atom. The lowest BCUT2D eigenvalue weighted by Crippen LogP contribution is -2.54. The fourth-order valence-corrected chi connectivity index (χ4v) is 10.8. The van der Waals surface area contributed by atoms with Crippen LogP contribution in [0, 0.1) is 0 Å². The van der Waals surface area contributed by atoms with Crippen molar-refractivity contribution in [1.82, 2.24) is 30.0 Å². The Hall–Kier alpha value is -5.82. The fourth-order valence-electron chi connectivity index (χ4n) is 9.49. The van der Waals surface area contributed by atoms with Crippen molar-refractivity contribution in [3.63, 3.8) is 0 Å². The van der Waals surface area contributed by atoms with Gasteiger partial charge in [0.1, 0.15) is 24.0 Å². The Morgan fingerprint density at radius 3 is 2.28 bits per heavy atom. The number of anilines is 6. The fraction of sp³-hybridized carbons (Fsp3) is 0.480. The van der Waals surface area contributed by atoms with Gasteiger partial charge in [0.25, 0.3) is 5.91 Å². The Balaban J connectivity index is 0.669. The van der Waals surface area contributed by atoms with Crippen LogP contribution in [0.15, 0.2) is 66.9 Å². The second-order valence-electron chi connectivity index (χ2n) is 18.3. The van der Waals surface area contributed by atoms with E-state index < -0.39 is 19.1 Å². The zero-order valence-electron chi connectivity index (χ0n) is 40.6. The molecule has 21 heteroatoms. The summed E-state index contributed by atoms with van der Waals surface area (Å²) in [5, 5.41) is 13.2. The normalized spacial score (nSPS) is 17.8. The Bertz CT molecular complexity index is 2590. The second-order valence-corrected chi connectivity index (χ2v) is 21.9. The van der Waals surface area contributed by atoms with Crippen LogP contribution in [0.25, 0.3) is 0 Å². The standard InChI is InChI=1S/C50H64ClN10O9P/c1-67-43-31-35(11-12-40(43)55-50-53-32-38(51)47(57-50)54-41-8-4-5-10-44(41)71(2,3)66)58-19-15-34(16-20-58)59-21-23-60(24-22-59)46(63)17-25-68-27-29-70-30-28-69-26-18-52-39-9-6-7-36-37(39)33-61(49(36)65)42-13-14-45(62)56-48(42)64/h4-12,31-32,34,42,52H,13-30,33H2,1-3H3,(H,56,62,64)(H2,53,54,55,57). The van der Waals surface area contributed by atoms with Crippen LogP contribution in [-0.4, -0.2) is 166 Å². The lowest BCUT2D eigenvalue weighted by Gasteiger charge is -2.43. The minimum absolute atomic E-state index is 0.111. The van der Waals surface area contributed by atoms with Gasteiger partial charge in [-0.3, -0.25) is 29.4 Å². The number of rotatable bonds is 22. The van der Waals surface area contributed by atoms with Gasteiger partial charge in [-0.25, -0.2) is 4.98 Å². The van der Waals surface area contributed by atoms with Crippen LogP contribution in [0.4, 0.5) is 34.5 Å². The number of fused-ring (bicyclic) bond motifs is 1. The molecule has 0 radical (unpaired) electrons. The third-order valence-electron chi connectivity index (χ3n) is 13.3. The number of nitrogens with one attached hydrogen (secondary N) is 4. The van der Waals surface area contributed by atoms with Gasteiger partial charge in [0.2, 0.25) is 23.7 Å². The second kappa shape index (κ2) is 24.1. The summed E-state index contributed by atoms with van der Waals surface area (Å²) >= 11 is 6.48. The number of aromatic nitrogens is 2. The highest BCUT2D eigenvalue weighted by atomic mass is 35.5. The number of piperazine rings is 1. The molecule has 3 aromatic carbocycles. The lowest BCUT2D eigenvalue weighted by molar-refractivity contribution is -0.137. The minimum Gasteiger partial charge on any atom is -0.494 e. The summed E-state index contributed by atoms with van der Waals surface area (Å²) in [7, 11) is -0.920. The van der Waals surface area contributed by atoms with E-state index >= 15 is 0 Å². The van der Waals surface area contributed by atoms with Gasteiger partial charge >= 0.3 is 0 Å². The van der Waals surface area contributed by atoms with E-state index in [1.807, 2.05) is 53.4 Å². The van der Waals surface area contributed by atoms with E-state index in [4.69, 9.17) is 30.5 Å². The van der Waals surface area contributed by atoms with Crippen molar-refractivity contribution in [3.05, 3.63) is 83.0 Å². The third kappa shape index (κ3) is 13.2. The summed E-state index contributed by atoms with van der Waals surface area (Å²) in [6.45, 7) is 11.6. The molecule has 3 fully saturated rings. The number of ether oxygens (including phenoxy) is 4. The molecule has 1 atom stereocenters. The molecular formula is C50H64ClN10O9P. The lowest BCUT2D eigenvalue weighted by atomic mass is 10.0. The number of nitrogens with zero attached hydrogens (tertiary/aromatic N) is 6. The summed E-state index contributed by atoms with van der Waals surface area (Å²) in [5.41, 5.74) is 4.67. The number of carbonyl (C=O) groups excluding carboxylic acids is 4. The predicted octanol–water partition coefficient (Wildman–Crippen LogP) is 5.30. The van der Waals surface area contributed by atoms with E-state index in [0.29, 0.717) is 129 Å². The van der Waals surface area contributed by atoms with Crippen LogP contribution in [-0.2, 0) is 39.7 Å². The molecule has 71 heavy (non-hydrogen) atoms. The molecule has 8 rings (SSSR count). The monoisotopic (exact) mass is 1010 g/mol. The topological polar surface area (TPSA) is 209 Å². The Labute approximate surface area is 419 Å². The molecule has 1 unspecified atom stereocenters. The largest absolute Gasteiger partial charge is 0.494 e. The highest BCUT2D eigenvalue weighted by Gasteiger charge is 2.40. The summed E-state index contributed by atoms with van der Waals surface area (Å²) in [6, 6.07) is 18.8. The van der Waals surface area contributed by atoms with Gasteiger partial charge in [-0.1, -0.05) is 29.8 Å². The van der Waals surface area contributed by atoms with Crippen molar-refractivity contribution < 1.29 is 42.7 Å². The maximum absolute atomic E-state index is 13.1. The first-order valence-corrected chi connectivity index (χ1v) is 27.2. The number of hydrogen-bond donors (Lipinski definition) is 4. The average Bonchev–Trinajstić information content (AvgIpc) is 3.71. The number of amides is 4. The van der Waals surface area contributed by atoms with Gasteiger partial charge in [-0.05, 0) is 69.0 Å². The summed E-state index contributed by atoms with van der Waals surface area (Å²) < 4.78 is 35.8. The molecule has 4 aliphatic heterocycles. The first kappa shape index (κ1) is 51.5. The zero-order valence-corrected chi connectivity index (χ0v) is 42.3. The van der Waals surface area contributed by atoms with Gasteiger partial charge in [0.05, 0.1) is 70.7 Å². The van der Waals surface area contributed by atoms with Gasteiger partial charge in [-0.2, -0.15) is 4.98 Å². The predicted molar refractivity (Wildman–Crippen MR) is 274 cm³/mol. The first-order valence-electron chi connectivity index (χ1n) is 24.3. The van der Waals surface area contributed by atoms with Gasteiger partial charge < -0.3 is 54.2 Å². The molecule has 0 aliphatic carbocycles. The molecular weight excluding hydrogens is 951 g/mol. The molecule has 0 bridgehead atoms. The number of halogens is 1. The molecule has 4 amide bonds. The summed E-state index contributed by atoms with van der Waals surface area (Å²) in [6.07, 6.45) is 4.44. The van der Waals surface area contributed by atoms with Crippen molar-refractivity contribution in [2.75, 3.05) is 127 Å². The van der Waals surface area contributed by atoms with Crippen LogP contribution in [0.1, 0.15) is 48.0 Å². The van der Waals surface area contributed by atoms with Gasteiger partial charge in [0, 0.05) is 98.7 Å². The van der Waals surface area contributed by atoms with Crippen molar-refractivity contribution in [2.24, 2.45) is 0 Å². The zero-order chi connectivity index (χ0) is 49.9. The van der Waals surface area contributed by atoms with Crippen LogP contribution in [0.3, 0.4) is 0 Å². The van der Waals surface area contributed by atoms with Crippen molar-refractivity contribution >= 4 is 82.2 Å². The van der Waals surface area contributed by atoms with E-state index in [0.717, 1.165) is 56.0 Å². The number of benzene rings is 3. The SMILES string of the molecule is COc1cc(N2CCC(N3CCN(C(=O)CCOCCOCCOCCNc4cccc5c4CN(C4CCC(=O)NC4=O)C5=O)CC3)CC2)ccc1Nc1ncc(Cl)c(Nc2ccccc2P(C)(C)=O)n1. The van der Waals surface area contributed by atoms with Gasteiger partial charge in [0.15, 0.2) is 5.82 Å². The highest BCUT2D eigenvalue weighted by molar-refractivity contribution is 7.70. The molecule has 0 saturated carbocycles. The Kier molecular flexibility index (Phi) is 17.5. The Morgan fingerprint density at radius 1 is 0.831 bits per heavy atom. The van der Waals surface area contributed by atoms with E-state index in [9.17, 15) is 23.7 Å². The number of para-hydroxylation sites is 1. The number of methoxy groups -OCH3 is 1. The van der Waals surface area contributed by atoms with Crippen LogP contribution < -0.4 is 36.2 Å². The number of imide groups is 1. The average molecular weight is 1020 g/mol. The number of carbonyl (C=O) groups is 4. The number of piperidine rings is 2. The van der Waals surface area contributed by atoms with E-state index in [1.54, 1.807) is 31.4 Å². The van der Waals surface area contributed by atoms with E-state index in [-0.39, 0.29) is 24.1 Å². The minimum atomic E-state index is -2.56. The molecule has 0 spiro atoms. The van der Waals surface area contributed by atoms with E-state index in [1.165, 1.54) is 6.20 Å².